The van der Waals surface area contributed by atoms with Crippen LogP contribution in [-0.2, 0) is 18.8 Å². The summed E-state index contributed by atoms with van der Waals surface area (Å²) in [7, 11) is 0. The van der Waals surface area contributed by atoms with Crippen LogP contribution in [0, 0.1) is 0 Å². The predicted octanol–water partition coefficient (Wildman–Crippen LogP) is 3.75. The maximum Gasteiger partial charge on any atom is 0.284 e. The lowest BCUT2D eigenvalue weighted by Gasteiger charge is -2.04. The number of nitrogens with one attached hydrogen (secondary N) is 1. The Bertz CT molecular complexity index is 633. The maximum atomic E-state index is 12.1. The summed E-state index contributed by atoms with van der Waals surface area (Å²) in [4.78, 5) is 0. The predicted molar refractivity (Wildman–Crippen MR) is 79.1 cm³/mol. The molecule has 1 N–H and O–H groups in total. The normalized spacial score (nSPS) is 13.0. The fraction of sp³-hybridized carbons (Fsp3) is 0.333. The summed E-state index contributed by atoms with van der Waals surface area (Å²) in [6, 6.07) is 9.31. The van der Waals surface area contributed by atoms with Crippen molar-refractivity contribution in [3.63, 3.8) is 0 Å². The van der Waals surface area contributed by atoms with Crippen LogP contribution in [0.2, 0.25) is 0 Å². The Morgan fingerprint density at radius 1 is 1.05 bits per heavy atom. The van der Waals surface area contributed by atoms with Gasteiger partial charge in [-0.15, -0.1) is 0 Å². The van der Waals surface area contributed by atoms with Crippen molar-refractivity contribution in [3.05, 3.63) is 47.4 Å². The van der Waals surface area contributed by atoms with Crippen LogP contribution < -0.4 is 14.8 Å². The molecule has 0 saturated heterocycles. The van der Waals surface area contributed by atoms with E-state index in [1.165, 1.54) is 0 Å². The average molecular weight is 327 g/mol. The van der Waals surface area contributed by atoms with Gasteiger partial charge >= 0.3 is 0 Å². The van der Waals surface area contributed by atoms with Crippen LogP contribution in [0.25, 0.3) is 0 Å². The molecule has 1 aromatic carbocycles. The molecule has 0 fully saturated rings. The Kier molecular flexibility index (Phi) is 4.84. The Morgan fingerprint density at radius 3 is 2.73 bits per heavy atom. The zero-order chi connectivity index (χ0) is 15.4. The first-order chi connectivity index (χ1) is 10.7. The molecule has 0 bridgehead atoms. The van der Waals surface area contributed by atoms with Crippen molar-refractivity contribution in [1.29, 1.82) is 0 Å². The van der Waals surface area contributed by atoms with E-state index in [1.807, 2.05) is 18.2 Å². The number of benzene rings is 1. The molecule has 1 aromatic heterocycles. The first-order valence-electron chi connectivity index (χ1n) is 6.77. The number of alkyl halides is 2. The Labute approximate surface area is 130 Å². The Morgan fingerprint density at radius 2 is 1.86 bits per heavy atom. The molecule has 2 aromatic rings. The van der Waals surface area contributed by atoms with Crippen molar-refractivity contribution in [1.82, 2.24) is 5.32 Å². The fourth-order valence-corrected chi connectivity index (χ4v) is 2.57. The summed E-state index contributed by atoms with van der Waals surface area (Å²) in [6.07, 6.45) is 0. The van der Waals surface area contributed by atoms with Gasteiger partial charge in [0.15, 0.2) is 11.5 Å². The lowest BCUT2D eigenvalue weighted by Crippen LogP contribution is -2.12. The van der Waals surface area contributed by atoms with E-state index >= 15 is 0 Å². The molecule has 7 heteroatoms. The van der Waals surface area contributed by atoms with Crippen LogP contribution in [0.15, 0.2) is 34.7 Å². The number of hydrogen-bond donors (Lipinski definition) is 1. The second kappa shape index (κ2) is 7.02. The van der Waals surface area contributed by atoms with Gasteiger partial charge in [-0.05, 0) is 29.8 Å². The van der Waals surface area contributed by atoms with Gasteiger partial charge in [0.1, 0.15) is 11.5 Å². The highest BCUT2D eigenvalue weighted by atomic mass is 32.2. The van der Waals surface area contributed by atoms with Crippen LogP contribution in [0.3, 0.4) is 0 Å². The van der Waals surface area contributed by atoms with Crippen LogP contribution in [0.5, 0.6) is 11.5 Å². The molecular weight excluding hydrogens is 312 g/mol. The van der Waals surface area contributed by atoms with Gasteiger partial charge in [0, 0.05) is 6.54 Å². The number of fused-ring (bicyclic) bond motifs is 1. The molecule has 1 aliphatic rings. The van der Waals surface area contributed by atoms with E-state index in [4.69, 9.17) is 13.9 Å². The van der Waals surface area contributed by atoms with Crippen molar-refractivity contribution in [3.8, 4) is 11.5 Å². The molecule has 0 saturated carbocycles. The van der Waals surface area contributed by atoms with Crippen molar-refractivity contribution >= 4 is 11.8 Å². The van der Waals surface area contributed by atoms with Crippen LogP contribution in [0.4, 0.5) is 8.78 Å². The minimum Gasteiger partial charge on any atom is -0.464 e. The smallest absolute Gasteiger partial charge is 0.284 e. The summed E-state index contributed by atoms with van der Waals surface area (Å²) >= 11 is 0.557. The minimum atomic E-state index is -2.38. The zero-order valence-electron chi connectivity index (χ0n) is 11.7. The quantitative estimate of drug-likeness (QED) is 0.839. The third kappa shape index (κ3) is 3.92. The van der Waals surface area contributed by atoms with Crippen LogP contribution in [0.1, 0.15) is 17.1 Å². The van der Waals surface area contributed by atoms with Crippen molar-refractivity contribution in [2.75, 3.05) is 6.79 Å². The topological polar surface area (TPSA) is 43.6 Å². The van der Waals surface area contributed by atoms with Gasteiger partial charge in [0.2, 0.25) is 6.79 Å². The molecule has 0 spiro atoms. The summed E-state index contributed by atoms with van der Waals surface area (Å²) in [5.74, 6) is 0.604. The van der Waals surface area contributed by atoms with E-state index in [0.717, 1.165) is 22.8 Å². The fourth-order valence-electron chi connectivity index (χ4n) is 2.12. The summed E-state index contributed by atoms with van der Waals surface area (Å²) in [5, 5.41) is 3.24. The van der Waals surface area contributed by atoms with E-state index in [0.29, 0.717) is 30.6 Å². The number of halogens is 2. The van der Waals surface area contributed by atoms with Gasteiger partial charge in [-0.25, -0.2) is 0 Å². The summed E-state index contributed by atoms with van der Waals surface area (Å²) < 4.78 is 40.3. The molecule has 0 amide bonds. The third-order valence-electron chi connectivity index (χ3n) is 3.13. The molecule has 4 nitrogen and oxygen atoms in total. The lowest BCUT2D eigenvalue weighted by molar-refractivity contribution is 0.174. The van der Waals surface area contributed by atoms with Crippen molar-refractivity contribution in [2.45, 2.75) is 24.6 Å². The second-order valence-electron chi connectivity index (χ2n) is 4.73. The minimum absolute atomic E-state index is 0.180. The number of thioether (sulfide) groups is 1. The van der Waals surface area contributed by atoms with E-state index in [-0.39, 0.29) is 12.5 Å². The molecular formula is C15H15F2NO3S. The Hall–Kier alpha value is -1.73. The molecule has 2 heterocycles. The highest BCUT2D eigenvalue weighted by molar-refractivity contribution is 7.98. The van der Waals surface area contributed by atoms with Gasteiger partial charge < -0.3 is 19.2 Å². The second-order valence-corrected chi connectivity index (χ2v) is 5.71. The van der Waals surface area contributed by atoms with Gasteiger partial charge in [0.25, 0.3) is 5.76 Å². The Balaban J connectivity index is 1.47. The van der Waals surface area contributed by atoms with Gasteiger partial charge in [-0.2, -0.15) is 8.78 Å². The highest BCUT2D eigenvalue weighted by Gasteiger charge is 2.13. The molecule has 118 valence electrons. The van der Waals surface area contributed by atoms with Gasteiger partial charge in [0.05, 0.1) is 12.3 Å². The number of ether oxygens (including phenoxy) is 2. The summed E-state index contributed by atoms with van der Waals surface area (Å²) in [5.41, 5.74) is 1.07. The molecule has 0 unspecified atom stereocenters. The first kappa shape index (κ1) is 15.2. The first-order valence-corrected chi connectivity index (χ1v) is 7.82. The van der Waals surface area contributed by atoms with E-state index < -0.39 is 5.76 Å². The monoisotopic (exact) mass is 327 g/mol. The van der Waals surface area contributed by atoms with E-state index in [2.05, 4.69) is 5.32 Å². The molecule has 0 radical (unpaired) electrons. The molecule has 3 rings (SSSR count). The van der Waals surface area contributed by atoms with Crippen molar-refractivity contribution < 1.29 is 22.7 Å². The van der Waals surface area contributed by atoms with E-state index in [1.54, 1.807) is 12.1 Å². The maximum absolute atomic E-state index is 12.1. The zero-order valence-corrected chi connectivity index (χ0v) is 12.5. The number of rotatable bonds is 7. The number of hydrogen-bond acceptors (Lipinski definition) is 5. The van der Waals surface area contributed by atoms with E-state index in [9.17, 15) is 8.78 Å². The molecule has 0 atom stereocenters. The summed E-state index contributed by atoms with van der Waals surface area (Å²) in [6.45, 7) is 1.45. The molecule has 0 aliphatic carbocycles. The SMILES string of the molecule is FC(F)SCc1ccc(CNCc2ccc3c(c2)OCO3)o1. The standard InChI is InChI=1S/C15H15F2NO3S/c16-15(17)22-8-12-3-2-11(21-12)7-18-6-10-1-4-13-14(5-10)20-9-19-13/h1-5,15,18H,6-9H2. The number of furan rings is 1. The average Bonchev–Trinajstić information content (AvgIpc) is 3.13. The van der Waals surface area contributed by atoms with Crippen molar-refractivity contribution in [2.24, 2.45) is 0 Å². The third-order valence-corrected chi connectivity index (χ3v) is 3.84. The lowest BCUT2D eigenvalue weighted by atomic mass is 10.2. The highest BCUT2D eigenvalue weighted by Crippen LogP contribution is 2.32. The largest absolute Gasteiger partial charge is 0.464 e. The molecule has 22 heavy (non-hydrogen) atoms. The van der Waals surface area contributed by atoms with Crippen LogP contribution >= 0.6 is 11.8 Å². The molecule has 1 aliphatic heterocycles. The van der Waals surface area contributed by atoms with Crippen LogP contribution in [-0.4, -0.2) is 12.6 Å². The van der Waals surface area contributed by atoms with Gasteiger partial charge in [-0.3, -0.25) is 0 Å². The van der Waals surface area contributed by atoms with Gasteiger partial charge in [-0.1, -0.05) is 17.8 Å².